The molecule has 0 aromatic carbocycles. The molecule has 1 aromatic rings. The Morgan fingerprint density at radius 1 is 1.43 bits per heavy atom. The van der Waals surface area contributed by atoms with E-state index in [1.54, 1.807) is 6.92 Å². The van der Waals surface area contributed by atoms with Gasteiger partial charge in [-0.1, -0.05) is 11.8 Å². The molecule has 1 N–H and O–H groups in total. The fourth-order valence-electron chi connectivity index (χ4n) is 2.30. The van der Waals surface area contributed by atoms with Crippen LogP contribution in [0, 0.1) is 0 Å². The molecule has 0 radical (unpaired) electrons. The van der Waals surface area contributed by atoms with E-state index in [0.717, 1.165) is 23.4 Å². The van der Waals surface area contributed by atoms with Crippen molar-refractivity contribution in [3.63, 3.8) is 0 Å². The maximum atomic E-state index is 12.6. The number of halogens is 3. The minimum atomic E-state index is -4.62. The third-order valence-electron chi connectivity index (χ3n) is 3.37. The highest BCUT2D eigenvalue weighted by atomic mass is 32.2. The van der Waals surface area contributed by atoms with Crippen LogP contribution in [0.2, 0.25) is 0 Å². The van der Waals surface area contributed by atoms with Crippen LogP contribution in [-0.4, -0.2) is 51.9 Å². The van der Waals surface area contributed by atoms with Crippen LogP contribution >= 0.6 is 11.8 Å². The molecule has 12 heteroatoms. The van der Waals surface area contributed by atoms with Gasteiger partial charge in [0.15, 0.2) is 15.0 Å². The number of rotatable bonds is 4. The summed E-state index contributed by atoms with van der Waals surface area (Å²) < 4.78 is 61.4. The van der Waals surface area contributed by atoms with Crippen molar-refractivity contribution < 1.29 is 26.4 Å². The molecule has 2 rings (SSSR count). The number of carbonyl (C=O) groups is 1. The van der Waals surface area contributed by atoms with Crippen molar-refractivity contribution >= 4 is 27.5 Å². The van der Waals surface area contributed by atoms with Crippen molar-refractivity contribution in [2.24, 2.45) is 7.05 Å². The van der Waals surface area contributed by atoms with Crippen molar-refractivity contribution in [3.05, 3.63) is 5.82 Å². The summed E-state index contributed by atoms with van der Waals surface area (Å²) >= 11 is 0.802. The van der Waals surface area contributed by atoms with Crippen LogP contribution in [0.5, 0.6) is 0 Å². The first-order chi connectivity index (χ1) is 10.4. The number of hydrogen-bond donors (Lipinski definition) is 1. The van der Waals surface area contributed by atoms with Crippen LogP contribution in [0.3, 0.4) is 0 Å². The van der Waals surface area contributed by atoms with E-state index in [0.29, 0.717) is 6.42 Å². The van der Waals surface area contributed by atoms with Crippen LogP contribution in [-0.2, 0) is 27.9 Å². The molecular weight excluding hydrogens is 357 g/mol. The number of nitrogens with one attached hydrogen (secondary N) is 1. The molecule has 1 atom stereocenters. The fraction of sp³-hybridized carbons (Fsp3) is 0.727. The number of thioether (sulfide) groups is 1. The zero-order valence-electron chi connectivity index (χ0n) is 12.3. The Bertz CT molecular complexity index is 717. The number of alkyl halides is 3. The lowest BCUT2D eigenvalue weighted by molar-refractivity contribution is -0.147. The summed E-state index contributed by atoms with van der Waals surface area (Å²) in [4.78, 5) is 11.9. The molecule has 23 heavy (non-hydrogen) atoms. The highest BCUT2D eigenvalue weighted by Gasteiger charge is 2.40. The van der Waals surface area contributed by atoms with Crippen LogP contribution in [0.4, 0.5) is 13.2 Å². The molecule has 0 bridgehead atoms. The third-order valence-corrected chi connectivity index (χ3v) is 6.29. The van der Waals surface area contributed by atoms with Gasteiger partial charge >= 0.3 is 6.18 Å². The molecule has 0 saturated carbocycles. The van der Waals surface area contributed by atoms with Crippen molar-refractivity contribution in [1.29, 1.82) is 0 Å². The predicted molar refractivity (Wildman–Crippen MR) is 76.5 cm³/mol. The van der Waals surface area contributed by atoms with Gasteiger partial charge in [-0.2, -0.15) is 13.2 Å². The van der Waals surface area contributed by atoms with Gasteiger partial charge in [-0.25, -0.2) is 8.42 Å². The van der Waals surface area contributed by atoms with E-state index in [1.807, 2.05) is 0 Å². The summed E-state index contributed by atoms with van der Waals surface area (Å²) in [5, 5.41) is 9.04. The predicted octanol–water partition coefficient (Wildman–Crippen LogP) is 0.619. The Morgan fingerprint density at radius 3 is 2.57 bits per heavy atom. The quantitative estimate of drug-likeness (QED) is 0.779. The largest absolute Gasteiger partial charge is 0.451 e. The molecule has 0 aliphatic carbocycles. The molecule has 1 fully saturated rings. The van der Waals surface area contributed by atoms with Crippen LogP contribution < -0.4 is 5.32 Å². The zero-order valence-corrected chi connectivity index (χ0v) is 14.0. The monoisotopic (exact) mass is 372 g/mol. The highest BCUT2D eigenvalue weighted by Crippen LogP contribution is 2.29. The van der Waals surface area contributed by atoms with Gasteiger partial charge in [0.05, 0.1) is 22.8 Å². The lowest BCUT2D eigenvalue weighted by atomic mass is 10.0. The Labute approximate surface area is 134 Å². The van der Waals surface area contributed by atoms with Gasteiger partial charge in [-0.15, -0.1) is 10.2 Å². The molecule has 1 aliphatic rings. The van der Waals surface area contributed by atoms with E-state index in [4.69, 9.17) is 0 Å². The molecule has 1 aliphatic heterocycles. The Morgan fingerprint density at radius 2 is 2.09 bits per heavy atom. The first kappa shape index (κ1) is 18.0. The van der Waals surface area contributed by atoms with Crippen LogP contribution in [0.1, 0.15) is 19.2 Å². The normalized spacial score (nSPS) is 23.9. The smallest absolute Gasteiger partial charge is 0.349 e. The van der Waals surface area contributed by atoms with Crippen LogP contribution in [0.25, 0.3) is 0 Å². The van der Waals surface area contributed by atoms with Gasteiger partial charge in [0.2, 0.25) is 11.7 Å². The molecule has 130 valence electrons. The number of nitrogens with zero attached hydrogens (tertiary/aromatic N) is 3. The second-order valence-corrected chi connectivity index (χ2v) is 8.73. The number of sulfone groups is 1. The minimum Gasteiger partial charge on any atom is -0.349 e. The number of aromatic nitrogens is 3. The lowest BCUT2D eigenvalue weighted by Gasteiger charge is -2.23. The maximum Gasteiger partial charge on any atom is 0.451 e. The first-order valence-electron chi connectivity index (χ1n) is 6.53. The second-order valence-electron chi connectivity index (χ2n) is 5.60. The minimum absolute atomic E-state index is 0.00908. The van der Waals surface area contributed by atoms with E-state index in [1.165, 1.54) is 0 Å². The molecule has 1 amide bonds. The molecule has 0 unspecified atom stereocenters. The highest BCUT2D eigenvalue weighted by molar-refractivity contribution is 7.99. The van der Waals surface area contributed by atoms with Crippen molar-refractivity contribution in [2.75, 3.05) is 17.3 Å². The van der Waals surface area contributed by atoms with E-state index in [9.17, 15) is 26.4 Å². The number of amides is 1. The van der Waals surface area contributed by atoms with E-state index in [-0.39, 0.29) is 22.4 Å². The van der Waals surface area contributed by atoms with Crippen molar-refractivity contribution in [1.82, 2.24) is 20.1 Å². The third kappa shape index (κ3) is 4.37. The average Bonchev–Trinajstić information content (AvgIpc) is 2.86. The van der Waals surface area contributed by atoms with Gasteiger partial charge in [0.1, 0.15) is 0 Å². The molecule has 7 nitrogen and oxygen atoms in total. The van der Waals surface area contributed by atoms with Gasteiger partial charge in [-0.3, -0.25) is 4.79 Å². The standard InChI is InChI=1S/C11H15F3N4O3S2/c1-10(3-4-23(20,21)6-10)15-7(19)5-22-9-17-16-8(18(9)2)11(12,13)14/h3-6H2,1-2H3,(H,15,19)/t10-/m1/s1. The van der Waals surface area contributed by atoms with E-state index < -0.39 is 33.3 Å². The van der Waals surface area contributed by atoms with Gasteiger partial charge in [-0.05, 0) is 13.3 Å². The fourth-order valence-corrected chi connectivity index (χ4v) is 5.10. The summed E-state index contributed by atoms with van der Waals surface area (Å²) in [6, 6.07) is 0. The Hall–Kier alpha value is -1.30. The van der Waals surface area contributed by atoms with E-state index in [2.05, 4.69) is 15.5 Å². The topological polar surface area (TPSA) is 94.0 Å². The first-order valence-corrected chi connectivity index (χ1v) is 9.33. The van der Waals surface area contributed by atoms with Gasteiger partial charge < -0.3 is 9.88 Å². The van der Waals surface area contributed by atoms with Gasteiger partial charge in [0, 0.05) is 7.05 Å². The summed E-state index contributed by atoms with van der Waals surface area (Å²) in [6.45, 7) is 1.63. The van der Waals surface area contributed by atoms with E-state index >= 15 is 0 Å². The van der Waals surface area contributed by atoms with Gasteiger partial charge in [0.25, 0.3) is 0 Å². The molecule has 0 spiro atoms. The number of hydrogen-bond acceptors (Lipinski definition) is 6. The Kier molecular flexibility index (Phi) is 4.68. The lowest BCUT2D eigenvalue weighted by Crippen LogP contribution is -2.47. The summed E-state index contributed by atoms with van der Waals surface area (Å²) in [5.74, 6) is -1.92. The zero-order chi connectivity index (χ0) is 17.5. The Balaban J connectivity index is 1.94. The molecular formula is C11H15F3N4O3S2. The van der Waals surface area contributed by atoms with Crippen LogP contribution in [0.15, 0.2) is 5.16 Å². The molecule has 1 aromatic heterocycles. The number of carbonyl (C=O) groups excluding carboxylic acids is 1. The van der Waals surface area contributed by atoms with Crippen molar-refractivity contribution in [2.45, 2.75) is 30.2 Å². The van der Waals surface area contributed by atoms with Crippen molar-refractivity contribution in [3.8, 4) is 0 Å². The summed E-state index contributed by atoms with van der Waals surface area (Å²) in [5.41, 5.74) is -0.840. The molecule has 2 heterocycles. The maximum absolute atomic E-state index is 12.6. The second kappa shape index (κ2) is 5.96. The summed E-state index contributed by atoms with van der Waals surface area (Å²) in [6.07, 6.45) is -4.30. The SMILES string of the molecule is Cn1c(SCC(=O)N[C@]2(C)CCS(=O)(=O)C2)nnc1C(F)(F)F. The molecule has 1 saturated heterocycles. The average molecular weight is 372 g/mol. The summed E-state index contributed by atoms with van der Waals surface area (Å²) in [7, 11) is -2.00.